The van der Waals surface area contributed by atoms with Gasteiger partial charge in [0.1, 0.15) is 12.2 Å². The van der Waals surface area contributed by atoms with Crippen LogP contribution in [0.1, 0.15) is 6.42 Å². The molecule has 2 N–H and O–H groups in total. The molecule has 7 heteroatoms. The zero-order valence-corrected chi connectivity index (χ0v) is 14.6. The fourth-order valence-electron chi connectivity index (χ4n) is 1.88. The van der Waals surface area contributed by atoms with Crippen LogP contribution >= 0.6 is 27.5 Å². The van der Waals surface area contributed by atoms with Crippen LogP contribution in [0.15, 0.2) is 46.9 Å². The number of methoxy groups -OCH3 is 1. The first-order valence-corrected chi connectivity index (χ1v) is 7.84. The second-order valence-electron chi connectivity index (χ2n) is 4.60. The Hall–Kier alpha value is -2.05. The molecule has 0 aromatic heterocycles. The Kier molecular flexibility index (Phi) is 6.01. The first-order valence-electron chi connectivity index (χ1n) is 6.67. The van der Waals surface area contributed by atoms with Crippen LogP contribution in [0.3, 0.4) is 0 Å². The molecule has 0 aliphatic carbocycles. The van der Waals surface area contributed by atoms with Gasteiger partial charge < -0.3 is 15.4 Å². The molecule has 0 fully saturated rings. The zero-order chi connectivity index (χ0) is 16.8. The van der Waals surface area contributed by atoms with Crippen molar-refractivity contribution in [3.63, 3.8) is 0 Å². The Balaban J connectivity index is 1.98. The molecular weight excluding hydrogens is 384 g/mol. The van der Waals surface area contributed by atoms with Crippen LogP contribution < -0.4 is 15.4 Å². The summed E-state index contributed by atoms with van der Waals surface area (Å²) >= 11 is 9.22. The monoisotopic (exact) mass is 396 g/mol. The van der Waals surface area contributed by atoms with Gasteiger partial charge in [-0.15, -0.1) is 0 Å². The highest BCUT2D eigenvalue weighted by atomic mass is 79.9. The van der Waals surface area contributed by atoms with E-state index in [2.05, 4.69) is 26.6 Å². The molecule has 0 atom stereocenters. The Morgan fingerprint density at radius 3 is 2.39 bits per heavy atom. The van der Waals surface area contributed by atoms with E-state index >= 15 is 0 Å². The maximum Gasteiger partial charge on any atom is 0.233 e. The topological polar surface area (TPSA) is 67.4 Å². The highest BCUT2D eigenvalue weighted by molar-refractivity contribution is 9.10. The van der Waals surface area contributed by atoms with E-state index in [4.69, 9.17) is 16.3 Å². The largest absolute Gasteiger partial charge is 0.495 e. The molecule has 120 valence electrons. The lowest BCUT2D eigenvalue weighted by atomic mass is 10.2. The van der Waals surface area contributed by atoms with Gasteiger partial charge in [-0.05, 0) is 46.3 Å². The molecule has 5 nitrogen and oxygen atoms in total. The van der Waals surface area contributed by atoms with Gasteiger partial charge in [0.15, 0.2) is 0 Å². The third kappa shape index (κ3) is 4.97. The number of anilines is 2. The highest BCUT2D eigenvalue weighted by Crippen LogP contribution is 2.27. The summed E-state index contributed by atoms with van der Waals surface area (Å²) in [4.78, 5) is 23.9. The first kappa shape index (κ1) is 17.3. The van der Waals surface area contributed by atoms with Crippen LogP contribution in [-0.4, -0.2) is 18.9 Å². The van der Waals surface area contributed by atoms with E-state index in [1.807, 2.05) is 6.07 Å². The van der Waals surface area contributed by atoms with Crippen LogP contribution in [0, 0.1) is 0 Å². The van der Waals surface area contributed by atoms with Crippen molar-refractivity contribution in [3.05, 3.63) is 52.0 Å². The number of benzene rings is 2. The van der Waals surface area contributed by atoms with Crippen LogP contribution in [0.2, 0.25) is 5.02 Å². The van der Waals surface area contributed by atoms with Crippen LogP contribution in [-0.2, 0) is 9.59 Å². The van der Waals surface area contributed by atoms with E-state index in [1.165, 1.54) is 7.11 Å². The third-order valence-electron chi connectivity index (χ3n) is 2.90. The van der Waals surface area contributed by atoms with Gasteiger partial charge in [0, 0.05) is 9.50 Å². The molecule has 2 aromatic rings. The molecule has 0 aliphatic heterocycles. The Labute approximate surface area is 147 Å². The summed E-state index contributed by atoms with van der Waals surface area (Å²) in [6, 6.07) is 12.0. The molecule has 0 saturated heterocycles. The average molecular weight is 398 g/mol. The molecule has 0 spiro atoms. The second-order valence-corrected chi connectivity index (χ2v) is 5.89. The SMILES string of the molecule is COc1ccc(Cl)cc1NC(=O)CC(=O)Nc1ccccc1Br. The molecule has 0 aliphatic rings. The normalized spacial score (nSPS) is 10.0. The van der Waals surface area contributed by atoms with Gasteiger partial charge >= 0.3 is 0 Å². The van der Waals surface area contributed by atoms with Gasteiger partial charge in [-0.3, -0.25) is 9.59 Å². The number of ether oxygens (including phenoxy) is 1. The van der Waals surface area contributed by atoms with Crippen molar-refractivity contribution in [2.75, 3.05) is 17.7 Å². The molecule has 0 radical (unpaired) electrons. The maximum absolute atomic E-state index is 12.0. The minimum atomic E-state index is -0.463. The number of rotatable bonds is 5. The quantitative estimate of drug-likeness (QED) is 0.747. The van der Waals surface area contributed by atoms with Gasteiger partial charge in [0.05, 0.1) is 18.5 Å². The van der Waals surface area contributed by atoms with Gasteiger partial charge in [-0.25, -0.2) is 0 Å². The summed E-state index contributed by atoms with van der Waals surface area (Å²) in [6.07, 6.45) is -0.322. The van der Waals surface area contributed by atoms with Crippen molar-refractivity contribution in [1.29, 1.82) is 0 Å². The number of amides is 2. The van der Waals surface area contributed by atoms with E-state index in [-0.39, 0.29) is 6.42 Å². The van der Waals surface area contributed by atoms with Crippen LogP contribution in [0.25, 0.3) is 0 Å². The predicted octanol–water partition coefficient (Wildman–Crippen LogP) is 4.08. The minimum absolute atomic E-state index is 0.322. The van der Waals surface area contributed by atoms with Crippen molar-refractivity contribution in [2.45, 2.75) is 6.42 Å². The minimum Gasteiger partial charge on any atom is -0.495 e. The summed E-state index contributed by atoms with van der Waals surface area (Å²) in [5.74, 6) is -0.417. The van der Waals surface area contributed by atoms with Crippen molar-refractivity contribution in [3.8, 4) is 5.75 Å². The summed E-state index contributed by atoms with van der Waals surface area (Å²) in [6.45, 7) is 0. The number of carbonyl (C=O) groups is 2. The van der Waals surface area contributed by atoms with Crippen molar-refractivity contribution in [1.82, 2.24) is 0 Å². The number of nitrogens with one attached hydrogen (secondary N) is 2. The van der Waals surface area contributed by atoms with Crippen LogP contribution in [0.5, 0.6) is 5.75 Å². The fraction of sp³-hybridized carbons (Fsp3) is 0.125. The van der Waals surface area contributed by atoms with Gasteiger partial charge in [-0.2, -0.15) is 0 Å². The number of hydrogen-bond acceptors (Lipinski definition) is 3. The fourth-order valence-corrected chi connectivity index (χ4v) is 2.43. The van der Waals surface area contributed by atoms with E-state index in [0.29, 0.717) is 22.1 Å². The molecule has 2 aromatic carbocycles. The van der Waals surface area contributed by atoms with Gasteiger partial charge in [0.25, 0.3) is 0 Å². The predicted molar refractivity (Wildman–Crippen MR) is 94.0 cm³/mol. The van der Waals surface area contributed by atoms with Crippen molar-refractivity contribution >= 4 is 50.7 Å². The average Bonchev–Trinajstić information content (AvgIpc) is 2.49. The van der Waals surface area contributed by atoms with Crippen molar-refractivity contribution < 1.29 is 14.3 Å². The molecule has 0 heterocycles. The van der Waals surface area contributed by atoms with E-state index in [0.717, 1.165) is 4.47 Å². The molecule has 2 rings (SSSR count). The van der Waals surface area contributed by atoms with Crippen molar-refractivity contribution in [2.24, 2.45) is 0 Å². The summed E-state index contributed by atoms with van der Waals surface area (Å²) < 4.78 is 5.88. The zero-order valence-electron chi connectivity index (χ0n) is 12.2. The van der Waals surface area contributed by atoms with Crippen LogP contribution in [0.4, 0.5) is 11.4 Å². The lowest BCUT2D eigenvalue weighted by Crippen LogP contribution is -2.21. The molecule has 0 saturated carbocycles. The number of carbonyl (C=O) groups excluding carboxylic acids is 2. The Bertz CT molecular complexity index is 737. The Morgan fingerprint density at radius 1 is 1.09 bits per heavy atom. The second kappa shape index (κ2) is 7.99. The van der Waals surface area contributed by atoms with E-state index in [1.54, 1.807) is 36.4 Å². The number of para-hydroxylation sites is 1. The molecule has 0 unspecified atom stereocenters. The summed E-state index contributed by atoms with van der Waals surface area (Å²) in [5, 5.41) is 5.73. The lowest BCUT2D eigenvalue weighted by Gasteiger charge is -2.11. The first-order chi connectivity index (χ1) is 11.0. The molecule has 23 heavy (non-hydrogen) atoms. The number of hydrogen-bond donors (Lipinski definition) is 2. The standard InChI is InChI=1S/C16H14BrClN2O3/c1-23-14-7-6-10(18)8-13(14)20-16(22)9-15(21)19-12-5-3-2-4-11(12)17/h2-8H,9H2,1H3,(H,19,21)(H,20,22). The summed E-state index contributed by atoms with van der Waals surface area (Å²) in [7, 11) is 1.48. The molecular formula is C16H14BrClN2O3. The maximum atomic E-state index is 12.0. The number of halogens is 2. The Morgan fingerprint density at radius 2 is 1.74 bits per heavy atom. The molecule has 2 amide bonds. The van der Waals surface area contributed by atoms with Gasteiger partial charge in [0.2, 0.25) is 11.8 Å². The van der Waals surface area contributed by atoms with Gasteiger partial charge in [-0.1, -0.05) is 23.7 Å². The highest BCUT2D eigenvalue weighted by Gasteiger charge is 2.13. The van der Waals surface area contributed by atoms with E-state index in [9.17, 15) is 9.59 Å². The third-order valence-corrected chi connectivity index (χ3v) is 3.83. The van der Waals surface area contributed by atoms with E-state index < -0.39 is 11.8 Å². The summed E-state index contributed by atoms with van der Waals surface area (Å²) in [5.41, 5.74) is 1.02. The smallest absolute Gasteiger partial charge is 0.233 e. The molecule has 0 bridgehead atoms. The lowest BCUT2D eigenvalue weighted by molar-refractivity contribution is -0.123.